The topological polar surface area (TPSA) is 67.8 Å². The van der Waals surface area contributed by atoms with Crippen LogP contribution in [0, 0.1) is 24.2 Å². The van der Waals surface area contributed by atoms with Gasteiger partial charge in [-0.25, -0.2) is 4.79 Å². The molecule has 4 aliphatic carbocycles. The molecule has 2 unspecified atom stereocenters. The number of hydrogen-bond acceptors (Lipinski definition) is 6. The van der Waals surface area contributed by atoms with Gasteiger partial charge in [0.25, 0.3) is 0 Å². The number of halogens is 2. The summed E-state index contributed by atoms with van der Waals surface area (Å²) in [6.45, 7) is 2.03. The molecule has 0 spiro atoms. The van der Waals surface area contributed by atoms with Crippen LogP contribution >= 0.6 is 12.0 Å². The second-order valence-corrected chi connectivity index (χ2v) is 9.74. The van der Waals surface area contributed by atoms with E-state index in [0.717, 1.165) is 32.1 Å². The summed E-state index contributed by atoms with van der Waals surface area (Å²) in [4.78, 5) is 11.8. The van der Waals surface area contributed by atoms with E-state index in [9.17, 15) is 18.8 Å². The zero-order chi connectivity index (χ0) is 20.0. The first kappa shape index (κ1) is 23.4. The standard InChI is InChI=1S/C20H24F2O5S.Na/c1-13-2-4-16(5-3-13)19-9-14-6-15(10-19)8-18(7-14,11-19)12-25-17(23)20(21,22)28-27-26-24;/h2-5,14-15,24H,6-12H2,1H3;/q;+1/p-1. The molecule has 154 valence electrons. The van der Waals surface area contributed by atoms with Gasteiger partial charge in [-0.1, -0.05) is 29.8 Å². The van der Waals surface area contributed by atoms with E-state index in [2.05, 4.69) is 40.6 Å². The molecular weight excluding hydrogens is 413 g/mol. The third-order valence-electron chi connectivity index (χ3n) is 6.76. The van der Waals surface area contributed by atoms with Crippen LogP contribution in [-0.2, 0) is 24.3 Å². The van der Waals surface area contributed by atoms with Gasteiger partial charge in [0.1, 0.15) is 12.0 Å². The van der Waals surface area contributed by atoms with Crippen molar-refractivity contribution in [2.75, 3.05) is 6.61 Å². The molecule has 1 aromatic carbocycles. The molecule has 5 rings (SSSR count). The van der Waals surface area contributed by atoms with Gasteiger partial charge in [0.15, 0.2) is 0 Å². The van der Waals surface area contributed by atoms with E-state index in [1.54, 1.807) is 0 Å². The van der Waals surface area contributed by atoms with E-state index in [-0.39, 0.29) is 47.0 Å². The largest absolute Gasteiger partial charge is 1.00 e. The Kier molecular flexibility index (Phi) is 7.05. The number of benzene rings is 1. The Labute approximate surface area is 195 Å². The van der Waals surface area contributed by atoms with Gasteiger partial charge < -0.3 is 9.99 Å². The molecule has 0 heterocycles. The molecule has 4 fully saturated rings. The minimum atomic E-state index is -3.98. The molecule has 1 aromatic rings. The Balaban J connectivity index is 0.00000240. The molecule has 0 saturated heterocycles. The molecule has 0 N–H and O–H groups in total. The molecule has 2 atom stereocenters. The predicted octanol–water partition coefficient (Wildman–Crippen LogP) is 0.845. The summed E-state index contributed by atoms with van der Waals surface area (Å²) in [6.07, 6.45) is 6.06. The third kappa shape index (κ3) is 4.68. The molecule has 9 heteroatoms. The third-order valence-corrected chi connectivity index (χ3v) is 7.26. The normalized spacial score (nSPS) is 32.7. The molecule has 0 radical (unpaired) electrons. The number of esters is 1. The molecule has 5 nitrogen and oxygen atoms in total. The fraction of sp³-hybridized carbons (Fsp3) is 0.650. The van der Waals surface area contributed by atoms with Crippen molar-refractivity contribution in [3.05, 3.63) is 35.4 Å². The van der Waals surface area contributed by atoms with E-state index in [1.165, 1.54) is 17.5 Å². The van der Waals surface area contributed by atoms with Crippen molar-refractivity contribution in [3.8, 4) is 0 Å². The van der Waals surface area contributed by atoms with Crippen molar-refractivity contribution >= 4 is 18.0 Å². The van der Waals surface area contributed by atoms with Gasteiger partial charge in [0.2, 0.25) is 0 Å². The second kappa shape index (κ2) is 8.73. The van der Waals surface area contributed by atoms with Crippen LogP contribution in [0.5, 0.6) is 0 Å². The summed E-state index contributed by atoms with van der Waals surface area (Å²) in [6, 6.07) is 8.62. The second-order valence-electron chi connectivity index (χ2n) is 8.92. The number of rotatable bonds is 7. The fourth-order valence-corrected chi connectivity index (χ4v) is 6.50. The Bertz CT molecular complexity index is 731. The van der Waals surface area contributed by atoms with Crippen molar-refractivity contribution in [2.45, 2.75) is 56.1 Å². The first-order valence-electron chi connectivity index (χ1n) is 9.52. The summed E-state index contributed by atoms with van der Waals surface area (Å²) in [5.74, 6) is -0.628. The summed E-state index contributed by atoms with van der Waals surface area (Å²) >= 11 is -0.641. The van der Waals surface area contributed by atoms with Crippen molar-refractivity contribution in [2.24, 2.45) is 17.3 Å². The first-order valence-corrected chi connectivity index (χ1v) is 10.3. The molecule has 0 aliphatic heterocycles. The average Bonchev–Trinajstić information content (AvgIpc) is 2.64. The minimum absolute atomic E-state index is 0. The zero-order valence-corrected chi connectivity index (χ0v) is 19.4. The maximum Gasteiger partial charge on any atom is 1.00 e. The molecule has 4 bridgehead atoms. The van der Waals surface area contributed by atoms with E-state index >= 15 is 0 Å². The van der Waals surface area contributed by atoms with Crippen LogP contribution in [0.1, 0.15) is 49.7 Å². The number of carbonyl (C=O) groups is 1. The number of alkyl halides is 2. The SMILES string of the molecule is Cc1ccc(C23CC4CC(CC(COC(=O)C(F)(F)SOO[O-])(C4)C2)C3)cc1.[Na+]. The molecule has 0 amide bonds. The van der Waals surface area contributed by atoms with Crippen molar-refractivity contribution in [1.29, 1.82) is 0 Å². The molecule has 4 saturated carbocycles. The first-order chi connectivity index (χ1) is 13.3. The number of aryl methyl sites for hydroxylation is 1. The maximum atomic E-state index is 13.7. The monoisotopic (exact) mass is 436 g/mol. The Hall–Kier alpha value is -0.220. The summed E-state index contributed by atoms with van der Waals surface area (Å²) < 4.78 is 36.0. The quantitative estimate of drug-likeness (QED) is 0.208. The van der Waals surface area contributed by atoms with Gasteiger partial charge in [0, 0.05) is 5.41 Å². The minimum Gasteiger partial charge on any atom is -0.691 e. The Morgan fingerprint density at radius 2 is 1.83 bits per heavy atom. The van der Waals surface area contributed by atoms with Crippen LogP contribution in [0.15, 0.2) is 24.3 Å². The molecule has 0 aromatic heterocycles. The van der Waals surface area contributed by atoms with Gasteiger partial charge in [0.05, 0.1) is 6.61 Å². The zero-order valence-electron chi connectivity index (χ0n) is 16.6. The summed E-state index contributed by atoms with van der Waals surface area (Å²) in [5.41, 5.74) is 2.30. The van der Waals surface area contributed by atoms with Gasteiger partial charge in [-0.2, -0.15) is 13.1 Å². The fourth-order valence-electron chi connectivity index (χ4n) is 6.26. The molecule has 4 aliphatic rings. The maximum absolute atomic E-state index is 13.7. The van der Waals surface area contributed by atoms with E-state index in [1.807, 2.05) is 0 Å². The summed E-state index contributed by atoms with van der Waals surface area (Å²) in [5, 5.41) is 8.67. The van der Waals surface area contributed by atoms with Crippen LogP contribution in [0.25, 0.3) is 0 Å². The Morgan fingerprint density at radius 3 is 2.41 bits per heavy atom. The number of hydrogen-bond donors (Lipinski definition) is 0. The predicted molar refractivity (Wildman–Crippen MR) is 95.6 cm³/mol. The van der Waals surface area contributed by atoms with E-state index < -0.39 is 23.3 Å². The van der Waals surface area contributed by atoms with Crippen LogP contribution < -0.4 is 34.8 Å². The number of ether oxygens (including phenoxy) is 1. The molecular formula is C20H23F2NaO5S. The van der Waals surface area contributed by atoms with Crippen LogP contribution in [0.4, 0.5) is 8.78 Å². The summed E-state index contributed by atoms with van der Waals surface area (Å²) in [7, 11) is 0. The van der Waals surface area contributed by atoms with Gasteiger partial charge in [-0.05, 0) is 68.3 Å². The van der Waals surface area contributed by atoms with Gasteiger partial charge >= 0.3 is 40.8 Å². The van der Waals surface area contributed by atoms with E-state index in [4.69, 9.17) is 4.74 Å². The Morgan fingerprint density at radius 1 is 1.21 bits per heavy atom. The number of carbonyl (C=O) groups excluding carboxylic acids is 1. The van der Waals surface area contributed by atoms with Crippen LogP contribution in [0.3, 0.4) is 0 Å². The van der Waals surface area contributed by atoms with Crippen LogP contribution in [0.2, 0.25) is 0 Å². The smallest absolute Gasteiger partial charge is 0.691 e. The van der Waals surface area contributed by atoms with Crippen molar-refractivity contribution in [1.82, 2.24) is 0 Å². The van der Waals surface area contributed by atoms with Gasteiger partial charge in [-0.15, -0.1) is 0 Å². The molecule has 29 heavy (non-hydrogen) atoms. The van der Waals surface area contributed by atoms with Crippen molar-refractivity contribution in [3.63, 3.8) is 0 Å². The van der Waals surface area contributed by atoms with Crippen LogP contribution in [-0.4, -0.2) is 17.8 Å². The average molecular weight is 436 g/mol. The van der Waals surface area contributed by atoms with Gasteiger partial charge in [-0.3, -0.25) is 5.04 Å². The van der Waals surface area contributed by atoms with E-state index in [0.29, 0.717) is 11.8 Å². The van der Waals surface area contributed by atoms with Crippen molar-refractivity contribution < 1.29 is 62.5 Å².